The van der Waals surface area contributed by atoms with Crippen LogP contribution in [0.4, 0.5) is 0 Å². The predicted molar refractivity (Wildman–Crippen MR) is 65.5 cm³/mol. The first kappa shape index (κ1) is 9.95. The predicted octanol–water partition coefficient (Wildman–Crippen LogP) is 2.97. The maximum absolute atomic E-state index is 6.35. The zero-order chi connectivity index (χ0) is 11.9. The number of epoxide rings is 1. The molecule has 0 unspecified atom stereocenters. The van der Waals surface area contributed by atoms with Crippen LogP contribution in [0.25, 0.3) is 0 Å². The van der Waals surface area contributed by atoms with E-state index in [4.69, 9.17) is 9.47 Å². The van der Waals surface area contributed by atoms with Crippen molar-refractivity contribution in [1.29, 1.82) is 0 Å². The molecule has 1 aromatic carbocycles. The van der Waals surface area contributed by atoms with Crippen molar-refractivity contribution in [1.82, 2.24) is 0 Å². The van der Waals surface area contributed by atoms with Crippen molar-refractivity contribution >= 4 is 0 Å². The first-order valence-electron chi connectivity index (χ1n) is 6.45. The van der Waals surface area contributed by atoms with E-state index in [2.05, 4.69) is 39.0 Å². The van der Waals surface area contributed by atoms with Gasteiger partial charge in [0.25, 0.3) is 0 Å². The molecule has 0 radical (unpaired) electrons. The second kappa shape index (κ2) is 2.54. The highest BCUT2D eigenvalue weighted by Gasteiger charge is 2.75. The molecule has 0 amide bonds. The standard InChI is InChI=1S/C15H18O2/c1-10-4-5-11-12(8-10)17-14(3)13(11,2)6-7-15(14)9-16-15/h4-5,8H,6-7,9H2,1-3H3/t13-,14+,15-/m0/s1. The second-order valence-electron chi connectivity index (χ2n) is 6.25. The van der Waals surface area contributed by atoms with Gasteiger partial charge in [-0.05, 0) is 38.3 Å². The summed E-state index contributed by atoms with van der Waals surface area (Å²) in [5.41, 5.74) is 2.58. The third-order valence-electron chi connectivity index (χ3n) is 5.49. The lowest BCUT2D eigenvalue weighted by molar-refractivity contribution is 0.00392. The third kappa shape index (κ3) is 0.899. The molecule has 90 valence electrons. The SMILES string of the molecule is Cc1ccc2c(c1)O[C@@]1(C)[C@]3(CC[C@@]21C)CO3. The average Bonchev–Trinajstić information content (AvgIpc) is 2.99. The van der Waals surface area contributed by atoms with Gasteiger partial charge in [-0.2, -0.15) is 0 Å². The molecule has 1 saturated heterocycles. The van der Waals surface area contributed by atoms with Crippen molar-refractivity contribution in [2.24, 2.45) is 0 Å². The molecule has 1 spiro atoms. The van der Waals surface area contributed by atoms with Gasteiger partial charge in [0.15, 0.2) is 0 Å². The van der Waals surface area contributed by atoms with Crippen molar-refractivity contribution < 1.29 is 9.47 Å². The fourth-order valence-corrected chi connectivity index (χ4v) is 3.93. The molecule has 1 saturated carbocycles. The van der Waals surface area contributed by atoms with Crippen LogP contribution in [0.15, 0.2) is 18.2 Å². The van der Waals surface area contributed by atoms with Crippen LogP contribution in [-0.2, 0) is 10.2 Å². The van der Waals surface area contributed by atoms with E-state index in [1.54, 1.807) is 0 Å². The zero-order valence-electron chi connectivity index (χ0n) is 10.7. The Balaban J connectivity index is 1.94. The van der Waals surface area contributed by atoms with Gasteiger partial charge in [0.2, 0.25) is 0 Å². The molecule has 2 heteroatoms. The highest BCUT2D eigenvalue weighted by molar-refractivity contribution is 5.52. The molecule has 1 aliphatic carbocycles. The first-order valence-corrected chi connectivity index (χ1v) is 6.45. The normalized spacial score (nSPS) is 45.6. The molecule has 0 aromatic heterocycles. The van der Waals surface area contributed by atoms with Crippen LogP contribution in [0.2, 0.25) is 0 Å². The summed E-state index contributed by atoms with van der Waals surface area (Å²) in [6.45, 7) is 7.56. The van der Waals surface area contributed by atoms with Gasteiger partial charge in [0.05, 0.1) is 6.61 Å². The Hall–Kier alpha value is -1.02. The Morgan fingerprint density at radius 2 is 1.94 bits per heavy atom. The molecule has 17 heavy (non-hydrogen) atoms. The fourth-order valence-electron chi connectivity index (χ4n) is 3.93. The molecular formula is C15H18O2. The van der Waals surface area contributed by atoms with Crippen molar-refractivity contribution in [3.63, 3.8) is 0 Å². The van der Waals surface area contributed by atoms with E-state index in [-0.39, 0.29) is 16.6 Å². The highest BCUT2D eigenvalue weighted by Crippen LogP contribution is 2.66. The number of hydrogen-bond donors (Lipinski definition) is 0. The van der Waals surface area contributed by atoms with Crippen LogP contribution >= 0.6 is 0 Å². The third-order valence-corrected chi connectivity index (χ3v) is 5.49. The average molecular weight is 230 g/mol. The topological polar surface area (TPSA) is 21.8 Å². The Kier molecular flexibility index (Phi) is 1.48. The van der Waals surface area contributed by atoms with Gasteiger partial charge in [0, 0.05) is 11.0 Å². The molecule has 3 aliphatic rings. The van der Waals surface area contributed by atoms with Crippen LogP contribution < -0.4 is 4.74 Å². The van der Waals surface area contributed by atoms with E-state index in [9.17, 15) is 0 Å². The summed E-state index contributed by atoms with van der Waals surface area (Å²) in [5.74, 6) is 1.07. The van der Waals surface area contributed by atoms with Gasteiger partial charge in [0.1, 0.15) is 17.0 Å². The van der Waals surface area contributed by atoms with Crippen LogP contribution in [0, 0.1) is 6.92 Å². The largest absolute Gasteiger partial charge is 0.483 e. The molecule has 2 fully saturated rings. The molecule has 2 heterocycles. The van der Waals surface area contributed by atoms with E-state index >= 15 is 0 Å². The van der Waals surface area contributed by atoms with Gasteiger partial charge in [-0.15, -0.1) is 0 Å². The minimum Gasteiger partial charge on any atom is -0.483 e. The minimum atomic E-state index is -0.171. The summed E-state index contributed by atoms with van der Waals surface area (Å²) in [4.78, 5) is 0. The Morgan fingerprint density at radius 3 is 2.65 bits per heavy atom. The first-order chi connectivity index (χ1) is 8.01. The van der Waals surface area contributed by atoms with Crippen molar-refractivity contribution in [3.05, 3.63) is 29.3 Å². The number of hydrogen-bond acceptors (Lipinski definition) is 2. The lowest BCUT2D eigenvalue weighted by atomic mass is 9.71. The lowest BCUT2D eigenvalue weighted by Crippen LogP contribution is -2.51. The van der Waals surface area contributed by atoms with E-state index in [0.717, 1.165) is 18.8 Å². The Bertz CT molecular complexity index is 518. The monoisotopic (exact) mass is 230 g/mol. The Morgan fingerprint density at radius 1 is 1.18 bits per heavy atom. The summed E-state index contributed by atoms with van der Waals surface area (Å²) in [5, 5.41) is 0. The van der Waals surface area contributed by atoms with E-state index in [1.165, 1.54) is 17.5 Å². The van der Waals surface area contributed by atoms with Crippen LogP contribution in [-0.4, -0.2) is 17.8 Å². The van der Waals surface area contributed by atoms with Crippen molar-refractivity contribution in [2.45, 2.75) is 50.2 Å². The lowest BCUT2D eigenvalue weighted by Gasteiger charge is -2.35. The minimum absolute atomic E-state index is 0.00528. The highest BCUT2D eigenvalue weighted by atomic mass is 16.6. The van der Waals surface area contributed by atoms with Gasteiger partial charge < -0.3 is 9.47 Å². The number of aryl methyl sites for hydroxylation is 1. The second-order valence-corrected chi connectivity index (χ2v) is 6.25. The maximum Gasteiger partial charge on any atom is 0.147 e. The molecule has 1 aromatic rings. The summed E-state index contributed by atoms with van der Waals surface area (Å²) in [6.07, 6.45) is 2.30. The quantitative estimate of drug-likeness (QED) is 0.639. The van der Waals surface area contributed by atoms with Crippen LogP contribution in [0.5, 0.6) is 5.75 Å². The zero-order valence-corrected chi connectivity index (χ0v) is 10.7. The number of rotatable bonds is 0. The summed E-state index contributed by atoms with van der Waals surface area (Å²) in [7, 11) is 0. The van der Waals surface area contributed by atoms with E-state index in [1.807, 2.05) is 0 Å². The number of benzene rings is 1. The number of ether oxygens (including phenoxy) is 2. The molecule has 0 N–H and O–H groups in total. The molecule has 2 aliphatic heterocycles. The van der Waals surface area contributed by atoms with Crippen LogP contribution in [0.1, 0.15) is 37.8 Å². The van der Waals surface area contributed by atoms with Crippen molar-refractivity contribution in [3.8, 4) is 5.75 Å². The summed E-state index contributed by atoms with van der Waals surface area (Å²) < 4.78 is 12.1. The maximum atomic E-state index is 6.35. The van der Waals surface area contributed by atoms with E-state index in [0.29, 0.717) is 0 Å². The van der Waals surface area contributed by atoms with Crippen LogP contribution in [0.3, 0.4) is 0 Å². The molecule has 2 nitrogen and oxygen atoms in total. The van der Waals surface area contributed by atoms with Crippen molar-refractivity contribution in [2.75, 3.05) is 6.61 Å². The van der Waals surface area contributed by atoms with Gasteiger partial charge >= 0.3 is 0 Å². The molecule has 0 bridgehead atoms. The van der Waals surface area contributed by atoms with Gasteiger partial charge in [-0.25, -0.2) is 0 Å². The summed E-state index contributed by atoms with van der Waals surface area (Å²) >= 11 is 0. The summed E-state index contributed by atoms with van der Waals surface area (Å²) in [6, 6.07) is 6.61. The van der Waals surface area contributed by atoms with E-state index < -0.39 is 0 Å². The van der Waals surface area contributed by atoms with Gasteiger partial charge in [-0.3, -0.25) is 0 Å². The number of fused-ring (bicyclic) bond motifs is 4. The molecule has 4 rings (SSSR count). The molecular weight excluding hydrogens is 212 g/mol. The molecule has 3 atom stereocenters. The Labute approximate surface area is 102 Å². The van der Waals surface area contributed by atoms with Gasteiger partial charge in [-0.1, -0.05) is 19.1 Å². The fraction of sp³-hybridized carbons (Fsp3) is 0.600. The smallest absolute Gasteiger partial charge is 0.147 e.